The number of nitrogens with zero attached hydrogens (tertiary/aromatic N) is 2. The average molecular weight is 203 g/mol. The zero-order chi connectivity index (χ0) is 10.5. The van der Waals surface area contributed by atoms with Gasteiger partial charge in [0.2, 0.25) is 11.8 Å². The van der Waals surface area contributed by atoms with Crippen molar-refractivity contribution in [1.29, 1.82) is 0 Å². The zero-order valence-corrected chi connectivity index (χ0v) is 8.39. The molecule has 0 fully saturated rings. The van der Waals surface area contributed by atoms with Crippen molar-refractivity contribution in [3.05, 3.63) is 36.2 Å². The number of hydrogen-bond acceptors (Lipinski definition) is 4. The van der Waals surface area contributed by atoms with Crippen LogP contribution in [0.4, 0.5) is 0 Å². The van der Waals surface area contributed by atoms with Gasteiger partial charge in [0.15, 0.2) is 0 Å². The Morgan fingerprint density at radius 1 is 1.13 bits per heavy atom. The van der Waals surface area contributed by atoms with Crippen molar-refractivity contribution in [2.75, 3.05) is 6.54 Å². The number of aromatic nitrogens is 2. The van der Waals surface area contributed by atoms with E-state index < -0.39 is 0 Å². The Kier molecular flexibility index (Phi) is 3.09. The highest BCUT2D eigenvalue weighted by atomic mass is 16.4. The summed E-state index contributed by atoms with van der Waals surface area (Å²) in [5, 5.41) is 7.94. The van der Waals surface area contributed by atoms with Gasteiger partial charge >= 0.3 is 0 Å². The van der Waals surface area contributed by atoms with Crippen LogP contribution in [0.25, 0.3) is 11.5 Å². The van der Waals surface area contributed by atoms with Gasteiger partial charge in [0.05, 0.1) is 0 Å². The molecule has 0 atom stereocenters. The van der Waals surface area contributed by atoms with Gasteiger partial charge in [-0.2, -0.15) is 0 Å². The van der Waals surface area contributed by atoms with E-state index in [0.717, 1.165) is 18.4 Å². The van der Waals surface area contributed by atoms with Crippen LogP contribution < -0.4 is 5.73 Å². The van der Waals surface area contributed by atoms with Crippen LogP contribution in [0.3, 0.4) is 0 Å². The molecule has 2 aromatic rings. The Labute approximate surface area is 88.1 Å². The predicted molar refractivity (Wildman–Crippen MR) is 57.1 cm³/mol. The van der Waals surface area contributed by atoms with Gasteiger partial charge in [-0.05, 0) is 25.1 Å². The lowest BCUT2D eigenvalue weighted by Gasteiger charge is -1.92. The van der Waals surface area contributed by atoms with Crippen LogP contribution in [0.2, 0.25) is 0 Å². The summed E-state index contributed by atoms with van der Waals surface area (Å²) in [6.07, 6.45) is 1.62. The van der Waals surface area contributed by atoms with Crippen LogP contribution in [-0.4, -0.2) is 16.7 Å². The first-order valence-corrected chi connectivity index (χ1v) is 4.98. The molecule has 4 nitrogen and oxygen atoms in total. The fourth-order valence-electron chi connectivity index (χ4n) is 1.31. The van der Waals surface area contributed by atoms with Crippen molar-refractivity contribution in [3.63, 3.8) is 0 Å². The minimum Gasteiger partial charge on any atom is -0.421 e. The Bertz CT molecular complexity index is 411. The predicted octanol–water partition coefficient (Wildman–Crippen LogP) is 1.63. The molecule has 0 unspecified atom stereocenters. The van der Waals surface area contributed by atoms with Crippen molar-refractivity contribution < 1.29 is 4.42 Å². The molecule has 0 spiro atoms. The molecular formula is C11H13N3O. The molecule has 1 aromatic heterocycles. The number of hydrogen-bond donors (Lipinski definition) is 1. The Morgan fingerprint density at radius 2 is 1.93 bits per heavy atom. The van der Waals surface area contributed by atoms with E-state index in [4.69, 9.17) is 10.2 Å². The molecule has 0 saturated heterocycles. The summed E-state index contributed by atoms with van der Waals surface area (Å²) < 4.78 is 5.49. The van der Waals surface area contributed by atoms with E-state index in [1.807, 2.05) is 30.3 Å². The van der Waals surface area contributed by atoms with E-state index in [-0.39, 0.29) is 0 Å². The van der Waals surface area contributed by atoms with Crippen molar-refractivity contribution in [2.24, 2.45) is 5.73 Å². The number of aryl methyl sites for hydroxylation is 1. The summed E-state index contributed by atoms with van der Waals surface area (Å²) in [5.74, 6) is 1.22. The van der Waals surface area contributed by atoms with Gasteiger partial charge in [0.25, 0.3) is 0 Å². The molecule has 0 aliphatic carbocycles. The molecule has 0 bridgehead atoms. The Morgan fingerprint density at radius 3 is 2.67 bits per heavy atom. The van der Waals surface area contributed by atoms with Gasteiger partial charge in [-0.25, -0.2) is 0 Å². The quantitative estimate of drug-likeness (QED) is 0.820. The third-order valence-corrected chi connectivity index (χ3v) is 2.08. The van der Waals surface area contributed by atoms with Crippen LogP contribution in [0, 0.1) is 0 Å². The molecular weight excluding hydrogens is 190 g/mol. The SMILES string of the molecule is NCCCc1nnc(-c2ccccc2)o1. The topological polar surface area (TPSA) is 64.9 Å². The third kappa shape index (κ3) is 2.41. The van der Waals surface area contributed by atoms with Crippen molar-refractivity contribution >= 4 is 0 Å². The van der Waals surface area contributed by atoms with E-state index in [0.29, 0.717) is 18.3 Å². The van der Waals surface area contributed by atoms with Crippen molar-refractivity contribution in [3.8, 4) is 11.5 Å². The smallest absolute Gasteiger partial charge is 0.247 e. The van der Waals surface area contributed by atoms with Gasteiger partial charge in [-0.3, -0.25) is 0 Å². The monoisotopic (exact) mass is 203 g/mol. The first-order valence-electron chi connectivity index (χ1n) is 4.98. The van der Waals surface area contributed by atoms with Crippen LogP contribution in [0.1, 0.15) is 12.3 Å². The Balaban J connectivity index is 2.14. The molecule has 0 radical (unpaired) electrons. The molecule has 1 aromatic carbocycles. The van der Waals surface area contributed by atoms with Crippen molar-refractivity contribution in [2.45, 2.75) is 12.8 Å². The largest absolute Gasteiger partial charge is 0.421 e. The van der Waals surface area contributed by atoms with Crippen LogP contribution >= 0.6 is 0 Å². The van der Waals surface area contributed by atoms with Crippen molar-refractivity contribution in [1.82, 2.24) is 10.2 Å². The summed E-state index contributed by atoms with van der Waals surface area (Å²) in [5.41, 5.74) is 6.35. The molecule has 0 saturated carbocycles. The maximum atomic E-state index is 5.49. The molecule has 15 heavy (non-hydrogen) atoms. The third-order valence-electron chi connectivity index (χ3n) is 2.08. The van der Waals surface area contributed by atoms with Gasteiger partial charge in [-0.15, -0.1) is 10.2 Å². The Hall–Kier alpha value is -1.68. The molecule has 2 N–H and O–H groups in total. The maximum absolute atomic E-state index is 5.49. The first-order chi connectivity index (χ1) is 7.40. The van der Waals surface area contributed by atoms with Crippen LogP contribution in [-0.2, 0) is 6.42 Å². The summed E-state index contributed by atoms with van der Waals surface area (Å²) in [6, 6.07) is 9.73. The van der Waals surface area contributed by atoms with Crippen LogP contribution in [0.5, 0.6) is 0 Å². The second kappa shape index (κ2) is 4.70. The minimum atomic E-state index is 0.572. The van der Waals surface area contributed by atoms with Gasteiger partial charge in [0, 0.05) is 12.0 Å². The second-order valence-corrected chi connectivity index (χ2v) is 3.26. The van der Waals surface area contributed by atoms with E-state index in [1.165, 1.54) is 0 Å². The van der Waals surface area contributed by atoms with Gasteiger partial charge < -0.3 is 10.2 Å². The van der Waals surface area contributed by atoms with Gasteiger partial charge in [-0.1, -0.05) is 18.2 Å². The fraction of sp³-hybridized carbons (Fsp3) is 0.273. The normalized spacial score (nSPS) is 10.5. The molecule has 78 valence electrons. The lowest BCUT2D eigenvalue weighted by Crippen LogP contribution is -2.00. The standard InChI is InChI=1S/C11H13N3O/c12-8-4-7-10-13-14-11(15-10)9-5-2-1-3-6-9/h1-3,5-6H,4,7-8,12H2. The molecule has 2 rings (SSSR count). The number of benzene rings is 1. The van der Waals surface area contributed by atoms with E-state index in [9.17, 15) is 0 Å². The molecule has 4 heteroatoms. The van der Waals surface area contributed by atoms with Crippen LogP contribution in [0.15, 0.2) is 34.7 Å². The molecule has 0 aliphatic rings. The second-order valence-electron chi connectivity index (χ2n) is 3.26. The molecule has 0 aliphatic heterocycles. The zero-order valence-electron chi connectivity index (χ0n) is 8.39. The summed E-state index contributed by atoms with van der Waals surface area (Å²) in [6.45, 7) is 0.642. The summed E-state index contributed by atoms with van der Waals surface area (Å²) >= 11 is 0. The highest BCUT2D eigenvalue weighted by molar-refractivity contribution is 5.51. The first kappa shape index (κ1) is 9.86. The fourth-order valence-corrected chi connectivity index (χ4v) is 1.31. The van der Waals surface area contributed by atoms with E-state index >= 15 is 0 Å². The lowest BCUT2D eigenvalue weighted by atomic mass is 10.2. The molecule has 0 amide bonds. The highest BCUT2D eigenvalue weighted by Gasteiger charge is 2.06. The summed E-state index contributed by atoms with van der Waals surface area (Å²) in [4.78, 5) is 0. The number of nitrogens with two attached hydrogens (primary N) is 1. The number of rotatable bonds is 4. The molecule has 1 heterocycles. The average Bonchev–Trinajstić information content (AvgIpc) is 2.76. The minimum absolute atomic E-state index is 0.572. The van der Waals surface area contributed by atoms with E-state index in [1.54, 1.807) is 0 Å². The van der Waals surface area contributed by atoms with Gasteiger partial charge in [0.1, 0.15) is 0 Å². The lowest BCUT2D eigenvalue weighted by molar-refractivity contribution is 0.499. The highest BCUT2D eigenvalue weighted by Crippen LogP contribution is 2.17. The summed E-state index contributed by atoms with van der Waals surface area (Å²) in [7, 11) is 0. The maximum Gasteiger partial charge on any atom is 0.247 e. The van der Waals surface area contributed by atoms with E-state index in [2.05, 4.69) is 10.2 Å².